The highest BCUT2D eigenvalue weighted by Crippen LogP contribution is 2.21. The molecule has 0 atom stereocenters. The Balaban J connectivity index is 2.24. The number of amides is 1. The van der Waals surface area contributed by atoms with E-state index < -0.39 is 0 Å². The smallest absolute Gasteiger partial charge is 0.255 e. The molecule has 2 nitrogen and oxygen atoms in total. The number of hydrogen-bond donors (Lipinski definition) is 1. The molecule has 0 aliphatic rings. The second-order valence-corrected chi connectivity index (χ2v) is 4.80. The number of benzene rings is 2. The van der Waals surface area contributed by atoms with Gasteiger partial charge in [-0.05, 0) is 42.8 Å². The van der Waals surface area contributed by atoms with E-state index in [4.69, 9.17) is 23.2 Å². The molecule has 0 unspecified atom stereocenters. The third-order valence-corrected chi connectivity index (χ3v) is 3.00. The molecule has 2 aromatic carbocycles. The minimum absolute atomic E-state index is 0.206. The molecule has 2 rings (SSSR count). The Labute approximate surface area is 116 Å². The number of nitrogens with one attached hydrogen (secondary N) is 1. The summed E-state index contributed by atoms with van der Waals surface area (Å²) in [7, 11) is 0. The van der Waals surface area contributed by atoms with Gasteiger partial charge in [-0.25, -0.2) is 0 Å². The number of halogens is 2. The number of hydrogen-bond acceptors (Lipinski definition) is 1. The van der Waals surface area contributed by atoms with Crippen molar-refractivity contribution in [2.24, 2.45) is 0 Å². The largest absolute Gasteiger partial charge is 0.322 e. The normalized spacial score (nSPS) is 10.2. The maximum atomic E-state index is 12.0. The van der Waals surface area contributed by atoms with E-state index in [2.05, 4.69) is 5.32 Å². The molecule has 0 aromatic heterocycles. The first-order valence-electron chi connectivity index (χ1n) is 5.39. The van der Waals surface area contributed by atoms with Gasteiger partial charge in [0.05, 0.1) is 0 Å². The predicted molar refractivity (Wildman–Crippen MR) is 75.6 cm³/mol. The van der Waals surface area contributed by atoms with Crippen LogP contribution in [0.4, 0.5) is 5.69 Å². The molecule has 18 heavy (non-hydrogen) atoms. The van der Waals surface area contributed by atoms with E-state index in [-0.39, 0.29) is 5.91 Å². The second-order valence-electron chi connectivity index (χ2n) is 3.92. The molecule has 0 bridgehead atoms. The lowest BCUT2D eigenvalue weighted by molar-refractivity contribution is 0.102. The third-order valence-electron chi connectivity index (χ3n) is 2.53. The number of carbonyl (C=O) groups is 1. The average molecular weight is 280 g/mol. The maximum Gasteiger partial charge on any atom is 0.255 e. The van der Waals surface area contributed by atoms with Crippen molar-refractivity contribution >= 4 is 34.8 Å². The fraction of sp³-hybridized carbons (Fsp3) is 0.0714. The first-order valence-corrected chi connectivity index (χ1v) is 6.15. The van der Waals surface area contributed by atoms with Gasteiger partial charge in [0.1, 0.15) is 0 Å². The molecule has 0 aliphatic heterocycles. The summed E-state index contributed by atoms with van der Waals surface area (Å²) in [6.45, 7) is 1.91. The van der Waals surface area contributed by atoms with Crippen molar-refractivity contribution in [2.75, 3.05) is 5.32 Å². The Morgan fingerprint density at radius 1 is 1.06 bits per heavy atom. The molecule has 0 fully saturated rings. The summed E-state index contributed by atoms with van der Waals surface area (Å²) in [5.74, 6) is -0.206. The summed E-state index contributed by atoms with van der Waals surface area (Å²) < 4.78 is 0. The van der Waals surface area contributed by atoms with Gasteiger partial charge in [0.15, 0.2) is 0 Å². The van der Waals surface area contributed by atoms with E-state index in [0.717, 1.165) is 5.56 Å². The topological polar surface area (TPSA) is 29.1 Å². The zero-order chi connectivity index (χ0) is 13.1. The van der Waals surface area contributed by atoms with E-state index in [1.807, 2.05) is 13.0 Å². The summed E-state index contributed by atoms with van der Waals surface area (Å²) in [5.41, 5.74) is 2.17. The van der Waals surface area contributed by atoms with Crippen molar-refractivity contribution in [1.82, 2.24) is 0 Å². The van der Waals surface area contributed by atoms with Gasteiger partial charge in [0.25, 0.3) is 5.91 Å². The Morgan fingerprint density at radius 2 is 1.78 bits per heavy atom. The molecule has 0 saturated heterocycles. The third kappa shape index (κ3) is 3.03. The molecule has 0 heterocycles. The first-order chi connectivity index (χ1) is 8.56. The molecule has 0 radical (unpaired) electrons. The van der Waals surface area contributed by atoms with E-state index in [1.54, 1.807) is 36.4 Å². The summed E-state index contributed by atoms with van der Waals surface area (Å²) in [4.78, 5) is 12.0. The maximum absolute atomic E-state index is 12.0. The van der Waals surface area contributed by atoms with Crippen LogP contribution in [0.1, 0.15) is 15.9 Å². The predicted octanol–water partition coefficient (Wildman–Crippen LogP) is 4.55. The first kappa shape index (κ1) is 12.9. The zero-order valence-corrected chi connectivity index (χ0v) is 11.2. The number of anilines is 1. The van der Waals surface area contributed by atoms with Crippen LogP contribution >= 0.6 is 23.2 Å². The highest BCUT2D eigenvalue weighted by molar-refractivity contribution is 6.31. The second kappa shape index (κ2) is 5.42. The Hall–Kier alpha value is -1.51. The van der Waals surface area contributed by atoms with E-state index in [0.29, 0.717) is 21.3 Å². The van der Waals surface area contributed by atoms with Gasteiger partial charge in [-0.3, -0.25) is 4.79 Å². The summed E-state index contributed by atoms with van der Waals surface area (Å²) in [6, 6.07) is 12.2. The van der Waals surface area contributed by atoms with Crippen molar-refractivity contribution in [1.29, 1.82) is 0 Å². The molecular formula is C14H11Cl2NO. The number of rotatable bonds is 2. The lowest BCUT2D eigenvalue weighted by atomic mass is 10.1. The molecule has 1 amide bonds. The molecule has 1 N–H and O–H groups in total. The minimum atomic E-state index is -0.206. The number of aryl methyl sites for hydroxylation is 1. The van der Waals surface area contributed by atoms with Crippen LogP contribution in [0.15, 0.2) is 42.5 Å². The minimum Gasteiger partial charge on any atom is -0.322 e. The van der Waals surface area contributed by atoms with Crippen molar-refractivity contribution in [2.45, 2.75) is 6.92 Å². The van der Waals surface area contributed by atoms with Crippen LogP contribution < -0.4 is 5.32 Å². The van der Waals surface area contributed by atoms with E-state index in [9.17, 15) is 4.79 Å². The van der Waals surface area contributed by atoms with Gasteiger partial charge in [-0.15, -0.1) is 0 Å². The molecule has 4 heteroatoms. The summed E-state index contributed by atoms with van der Waals surface area (Å²) in [6.07, 6.45) is 0. The fourth-order valence-electron chi connectivity index (χ4n) is 1.55. The Morgan fingerprint density at radius 3 is 2.50 bits per heavy atom. The molecule has 0 aliphatic carbocycles. The van der Waals surface area contributed by atoms with Crippen LogP contribution in [-0.4, -0.2) is 5.91 Å². The van der Waals surface area contributed by atoms with Crippen molar-refractivity contribution < 1.29 is 4.79 Å². The van der Waals surface area contributed by atoms with Crippen LogP contribution in [0.3, 0.4) is 0 Å². The number of carbonyl (C=O) groups excluding carboxylic acids is 1. The molecule has 2 aromatic rings. The van der Waals surface area contributed by atoms with Gasteiger partial charge < -0.3 is 5.32 Å². The van der Waals surface area contributed by atoms with Gasteiger partial charge in [-0.2, -0.15) is 0 Å². The Bertz CT molecular complexity index is 596. The van der Waals surface area contributed by atoms with Crippen LogP contribution in [-0.2, 0) is 0 Å². The molecule has 0 spiro atoms. The van der Waals surface area contributed by atoms with E-state index in [1.165, 1.54) is 0 Å². The van der Waals surface area contributed by atoms with Crippen molar-refractivity contribution in [3.05, 3.63) is 63.6 Å². The highest BCUT2D eigenvalue weighted by Gasteiger charge is 2.08. The quantitative estimate of drug-likeness (QED) is 0.858. The highest BCUT2D eigenvalue weighted by atomic mass is 35.5. The van der Waals surface area contributed by atoms with E-state index >= 15 is 0 Å². The van der Waals surface area contributed by atoms with Gasteiger partial charge in [0, 0.05) is 21.3 Å². The SMILES string of the molecule is Cc1ccc(Cl)cc1NC(=O)c1cccc(Cl)c1. The van der Waals surface area contributed by atoms with Crippen LogP contribution in [0, 0.1) is 6.92 Å². The van der Waals surface area contributed by atoms with Crippen LogP contribution in [0.25, 0.3) is 0 Å². The summed E-state index contributed by atoms with van der Waals surface area (Å²) in [5, 5.41) is 3.93. The molecule has 92 valence electrons. The molecular weight excluding hydrogens is 269 g/mol. The monoisotopic (exact) mass is 279 g/mol. The van der Waals surface area contributed by atoms with Crippen LogP contribution in [0.5, 0.6) is 0 Å². The van der Waals surface area contributed by atoms with Crippen LogP contribution in [0.2, 0.25) is 10.0 Å². The fourth-order valence-corrected chi connectivity index (χ4v) is 1.92. The summed E-state index contributed by atoms with van der Waals surface area (Å²) >= 11 is 11.7. The van der Waals surface area contributed by atoms with Gasteiger partial charge >= 0.3 is 0 Å². The van der Waals surface area contributed by atoms with Crippen molar-refractivity contribution in [3.8, 4) is 0 Å². The zero-order valence-electron chi connectivity index (χ0n) is 9.71. The Kier molecular flexibility index (Phi) is 3.90. The lowest BCUT2D eigenvalue weighted by Gasteiger charge is -2.09. The lowest BCUT2D eigenvalue weighted by Crippen LogP contribution is -2.12. The standard InChI is InChI=1S/C14H11Cl2NO/c1-9-5-6-12(16)8-13(9)17-14(18)10-3-2-4-11(15)7-10/h2-8H,1H3,(H,17,18). The molecule has 0 saturated carbocycles. The van der Waals surface area contributed by atoms with Gasteiger partial charge in [-0.1, -0.05) is 35.3 Å². The van der Waals surface area contributed by atoms with Gasteiger partial charge in [0.2, 0.25) is 0 Å². The van der Waals surface area contributed by atoms with Crippen molar-refractivity contribution in [3.63, 3.8) is 0 Å². The average Bonchev–Trinajstić information content (AvgIpc) is 2.34.